The van der Waals surface area contributed by atoms with Crippen LogP contribution in [0.25, 0.3) is 6.08 Å². The fourth-order valence-electron chi connectivity index (χ4n) is 1.44. The number of anilines is 1. The number of rotatable bonds is 4. The molecule has 0 aliphatic heterocycles. The summed E-state index contributed by atoms with van der Waals surface area (Å²) >= 11 is 0. The third-order valence-electron chi connectivity index (χ3n) is 2.29. The minimum absolute atomic E-state index is 0.0964. The maximum atomic E-state index is 11.7. The Morgan fingerprint density at radius 2 is 2.10 bits per heavy atom. The molecule has 2 rings (SSSR count). The van der Waals surface area contributed by atoms with Crippen LogP contribution in [0.4, 0.5) is 5.82 Å². The van der Waals surface area contributed by atoms with Crippen molar-refractivity contribution in [2.45, 2.75) is 0 Å². The molecule has 0 spiro atoms. The van der Waals surface area contributed by atoms with Gasteiger partial charge in [-0.05, 0) is 6.08 Å². The first-order valence-electron chi connectivity index (χ1n) is 5.58. The lowest BCUT2D eigenvalue weighted by Gasteiger charge is -2.03. The van der Waals surface area contributed by atoms with Gasteiger partial charge in [0.05, 0.1) is 6.20 Å². The van der Waals surface area contributed by atoms with Crippen LogP contribution < -0.4 is 5.32 Å². The number of hydrogen-bond donors (Lipinski definition) is 2. The summed E-state index contributed by atoms with van der Waals surface area (Å²) in [5.74, 6) is -1.86. The van der Waals surface area contributed by atoms with Crippen LogP contribution in [0.15, 0.2) is 30.9 Å². The van der Waals surface area contributed by atoms with Gasteiger partial charge in [0.15, 0.2) is 11.5 Å². The number of aromatic nitrogens is 4. The third-order valence-corrected chi connectivity index (χ3v) is 2.29. The lowest BCUT2D eigenvalue weighted by molar-refractivity contribution is -0.111. The van der Waals surface area contributed by atoms with Crippen molar-refractivity contribution in [3.05, 3.63) is 42.1 Å². The van der Waals surface area contributed by atoms with Crippen LogP contribution in [0.2, 0.25) is 0 Å². The molecule has 1 amide bonds. The van der Waals surface area contributed by atoms with Crippen molar-refractivity contribution in [2.24, 2.45) is 7.05 Å². The topological polar surface area (TPSA) is 110 Å². The summed E-state index contributed by atoms with van der Waals surface area (Å²) in [4.78, 5) is 30.0. The highest BCUT2D eigenvalue weighted by Crippen LogP contribution is 2.08. The van der Waals surface area contributed by atoms with Gasteiger partial charge in [-0.1, -0.05) is 0 Å². The predicted octanol–water partition coefficient (Wildman–Crippen LogP) is 0.560. The van der Waals surface area contributed by atoms with Crippen molar-refractivity contribution in [1.82, 2.24) is 19.7 Å². The molecule has 20 heavy (non-hydrogen) atoms. The monoisotopic (exact) mass is 273 g/mol. The van der Waals surface area contributed by atoms with E-state index in [1.807, 2.05) is 0 Å². The van der Waals surface area contributed by atoms with E-state index in [1.165, 1.54) is 18.5 Å². The van der Waals surface area contributed by atoms with E-state index in [9.17, 15) is 9.59 Å². The summed E-state index contributed by atoms with van der Waals surface area (Å²) in [6.07, 6.45) is 8.68. The molecule has 0 bridgehead atoms. The molecule has 0 atom stereocenters. The summed E-state index contributed by atoms with van der Waals surface area (Å²) in [5, 5.41) is 15.2. The molecule has 2 aromatic rings. The van der Waals surface area contributed by atoms with E-state index in [1.54, 1.807) is 30.2 Å². The minimum Gasteiger partial charge on any atom is -0.476 e. The number of carboxylic acids is 1. The molecule has 2 aromatic heterocycles. The molecular weight excluding hydrogens is 262 g/mol. The quantitative estimate of drug-likeness (QED) is 0.787. The van der Waals surface area contributed by atoms with Gasteiger partial charge >= 0.3 is 5.97 Å². The molecule has 0 aliphatic carbocycles. The van der Waals surface area contributed by atoms with Gasteiger partial charge in [-0.2, -0.15) is 5.10 Å². The zero-order valence-electron chi connectivity index (χ0n) is 10.5. The first kappa shape index (κ1) is 13.4. The highest BCUT2D eigenvalue weighted by Gasteiger charge is 2.13. The highest BCUT2D eigenvalue weighted by molar-refractivity contribution is 6.04. The zero-order chi connectivity index (χ0) is 14.5. The largest absolute Gasteiger partial charge is 0.476 e. The predicted molar refractivity (Wildman–Crippen MR) is 69.9 cm³/mol. The molecule has 8 nitrogen and oxygen atoms in total. The molecule has 0 unspecified atom stereocenters. The van der Waals surface area contributed by atoms with Gasteiger partial charge in [0.1, 0.15) is 0 Å². The number of nitrogens with zero attached hydrogens (tertiary/aromatic N) is 4. The van der Waals surface area contributed by atoms with Crippen LogP contribution in [0.5, 0.6) is 0 Å². The van der Waals surface area contributed by atoms with Crippen molar-refractivity contribution >= 4 is 23.8 Å². The Kier molecular flexibility index (Phi) is 3.85. The van der Waals surface area contributed by atoms with Crippen LogP contribution >= 0.6 is 0 Å². The van der Waals surface area contributed by atoms with Gasteiger partial charge < -0.3 is 10.4 Å². The van der Waals surface area contributed by atoms with Gasteiger partial charge in [-0.3, -0.25) is 9.48 Å². The molecule has 8 heteroatoms. The molecule has 0 saturated carbocycles. The number of nitrogens with one attached hydrogen (secondary N) is 1. The summed E-state index contributed by atoms with van der Waals surface area (Å²) in [6, 6.07) is 0. The number of hydrogen-bond acceptors (Lipinski definition) is 5. The maximum absolute atomic E-state index is 11.7. The molecule has 0 fully saturated rings. The molecule has 0 aliphatic rings. The van der Waals surface area contributed by atoms with Gasteiger partial charge in [-0.15, -0.1) is 0 Å². The number of aromatic carboxylic acids is 1. The number of carbonyl (C=O) groups excluding carboxylic acids is 1. The smallest absolute Gasteiger partial charge is 0.358 e. The number of carboxylic acid groups (broad SMARTS) is 1. The molecule has 2 N–H and O–H groups in total. The summed E-state index contributed by atoms with van der Waals surface area (Å²) < 4.78 is 1.60. The second-order valence-corrected chi connectivity index (χ2v) is 3.83. The van der Waals surface area contributed by atoms with E-state index in [0.29, 0.717) is 0 Å². The Morgan fingerprint density at radius 1 is 1.35 bits per heavy atom. The van der Waals surface area contributed by atoms with Crippen molar-refractivity contribution in [1.29, 1.82) is 0 Å². The molecule has 0 aromatic carbocycles. The van der Waals surface area contributed by atoms with Crippen LogP contribution in [0, 0.1) is 0 Å². The Morgan fingerprint density at radius 3 is 2.75 bits per heavy atom. The summed E-state index contributed by atoms with van der Waals surface area (Å²) in [5.41, 5.74) is 0.441. The van der Waals surface area contributed by atoms with Crippen LogP contribution in [0.1, 0.15) is 16.1 Å². The van der Waals surface area contributed by atoms with Gasteiger partial charge in [0.2, 0.25) is 5.91 Å². The molecular formula is C12H11N5O3. The first-order valence-corrected chi connectivity index (χ1v) is 5.58. The highest BCUT2D eigenvalue weighted by atomic mass is 16.4. The van der Waals surface area contributed by atoms with E-state index in [4.69, 9.17) is 5.11 Å². The van der Waals surface area contributed by atoms with E-state index < -0.39 is 11.9 Å². The van der Waals surface area contributed by atoms with Crippen molar-refractivity contribution in [3.63, 3.8) is 0 Å². The van der Waals surface area contributed by atoms with Crippen molar-refractivity contribution < 1.29 is 14.7 Å². The van der Waals surface area contributed by atoms with Crippen molar-refractivity contribution in [3.8, 4) is 0 Å². The van der Waals surface area contributed by atoms with Gasteiger partial charge in [0.25, 0.3) is 0 Å². The SMILES string of the molecule is Cn1cc(C=CC(=O)Nc2nccnc2C(=O)O)cn1. The molecule has 0 saturated heterocycles. The van der Waals surface area contributed by atoms with Crippen molar-refractivity contribution in [2.75, 3.05) is 5.32 Å². The van der Waals surface area contributed by atoms with Gasteiger partial charge in [-0.25, -0.2) is 14.8 Å². The normalized spacial score (nSPS) is 10.7. The third kappa shape index (κ3) is 3.25. The average Bonchev–Trinajstić information content (AvgIpc) is 2.83. The molecule has 2 heterocycles. The van der Waals surface area contributed by atoms with E-state index >= 15 is 0 Å². The zero-order valence-corrected chi connectivity index (χ0v) is 10.5. The van der Waals surface area contributed by atoms with E-state index in [2.05, 4.69) is 20.4 Å². The molecule has 102 valence electrons. The number of aryl methyl sites for hydroxylation is 1. The fraction of sp³-hybridized carbons (Fsp3) is 0.0833. The Hall–Kier alpha value is -3.03. The minimum atomic E-state index is -1.26. The number of amides is 1. The van der Waals surface area contributed by atoms with Crippen LogP contribution in [0.3, 0.4) is 0 Å². The average molecular weight is 273 g/mol. The van der Waals surface area contributed by atoms with Crippen LogP contribution in [-0.4, -0.2) is 36.7 Å². The second-order valence-electron chi connectivity index (χ2n) is 3.83. The van der Waals surface area contributed by atoms with Gasteiger partial charge in [0, 0.05) is 37.3 Å². The fourth-order valence-corrected chi connectivity index (χ4v) is 1.44. The Bertz CT molecular complexity index is 677. The van der Waals surface area contributed by atoms with E-state index in [0.717, 1.165) is 5.56 Å². The summed E-state index contributed by atoms with van der Waals surface area (Å²) in [7, 11) is 1.76. The second kappa shape index (κ2) is 5.74. The number of carbonyl (C=O) groups is 2. The Balaban J connectivity index is 2.09. The van der Waals surface area contributed by atoms with Crippen LogP contribution in [-0.2, 0) is 11.8 Å². The van der Waals surface area contributed by atoms with E-state index in [-0.39, 0.29) is 11.5 Å². The summed E-state index contributed by atoms with van der Waals surface area (Å²) in [6.45, 7) is 0. The first-order chi connectivity index (χ1) is 9.56. The lowest BCUT2D eigenvalue weighted by Crippen LogP contribution is -2.14. The Labute approximate surface area is 113 Å². The standard InChI is InChI=1S/C12H11N5O3/c1-17-7-8(6-15-17)2-3-9(18)16-11-10(12(19)20)13-4-5-14-11/h2-7H,1H3,(H,19,20)(H,14,16,18). The maximum Gasteiger partial charge on any atom is 0.358 e. The molecule has 0 radical (unpaired) electrons. The lowest BCUT2D eigenvalue weighted by atomic mass is 10.3.